The van der Waals surface area contributed by atoms with Gasteiger partial charge in [-0.25, -0.2) is 0 Å². The molecule has 1 N–H and O–H groups in total. The molecule has 3 nitrogen and oxygen atoms in total. The Morgan fingerprint density at radius 2 is 1.64 bits per heavy atom. The Morgan fingerprint density at radius 1 is 1.00 bits per heavy atom. The lowest BCUT2D eigenvalue weighted by molar-refractivity contribution is 0.230. The lowest BCUT2D eigenvalue weighted by Gasteiger charge is -2.29. The van der Waals surface area contributed by atoms with Crippen molar-refractivity contribution in [2.45, 2.75) is 58.2 Å². The van der Waals surface area contributed by atoms with E-state index in [0.29, 0.717) is 0 Å². The number of hydrogen-bond acceptors (Lipinski definition) is 3. The molecule has 22 heavy (non-hydrogen) atoms. The van der Waals surface area contributed by atoms with Gasteiger partial charge in [0.05, 0.1) is 6.61 Å². The van der Waals surface area contributed by atoms with Gasteiger partial charge in [0.1, 0.15) is 5.75 Å². The van der Waals surface area contributed by atoms with E-state index >= 15 is 0 Å². The van der Waals surface area contributed by atoms with Gasteiger partial charge < -0.3 is 14.0 Å². The molecule has 0 heterocycles. The fourth-order valence-electron chi connectivity index (χ4n) is 2.31. The number of rotatable bonds is 12. The van der Waals surface area contributed by atoms with Crippen LogP contribution in [-0.2, 0) is 11.0 Å². The molecule has 1 rings (SSSR count). The molecule has 0 radical (unpaired) electrons. The Kier molecular flexibility index (Phi) is 10.0. The molecular formula is C17H29BrO3Si. The van der Waals surface area contributed by atoms with Crippen molar-refractivity contribution in [2.75, 3.05) is 11.9 Å². The van der Waals surface area contributed by atoms with E-state index in [-0.39, 0.29) is 6.61 Å². The maximum atomic E-state index is 9.10. The first-order chi connectivity index (χ1) is 10.7. The van der Waals surface area contributed by atoms with Crippen molar-refractivity contribution in [3.8, 4) is 5.75 Å². The molecule has 0 saturated heterocycles. The molecule has 0 unspecified atom stereocenters. The molecule has 0 aliphatic rings. The Balaban J connectivity index is 2.50. The van der Waals surface area contributed by atoms with Gasteiger partial charge in [-0.15, -0.1) is 0 Å². The van der Waals surface area contributed by atoms with Gasteiger partial charge in [-0.05, 0) is 42.6 Å². The summed E-state index contributed by atoms with van der Waals surface area (Å²) >= 11 is 3.46. The van der Waals surface area contributed by atoms with Crippen LogP contribution in [0.2, 0.25) is 12.1 Å². The molecule has 0 spiro atoms. The van der Waals surface area contributed by atoms with Gasteiger partial charge in [0.2, 0.25) is 0 Å². The zero-order valence-corrected chi connectivity index (χ0v) is 16.4. The summed E-state index contributed by atoms with van der Waals surface area (Å²) in [7, 11) is -2.15. The Bertz CT molecular complexity index is 393. The minimum Gasteiger partial charge on any atom is -0.520 e. The quantitative estimate of drug-likeness (QED) is 0.310. The van der Waals surface area contributed by atoms with E-state index in [1.807, 2.05) is 24.3 Å². The van der Waals surface area contributed by atoms with Gasteiger partial charge in [-0.2, -0.15) is 0 Å². The van der Waals surface area contributed by atoms with Crippen molar-refractivity contribution in [3.63, 3.8) is 0 Å². The highest BCUT2D eigenvalue weighted by Crippen LogP contribution is 2.24. The van der Waals surface area contributed by atoms with Crippen LogP contribution in [0.15, 0.2) is 24.3 Å². The molecule has 1 aromatic carbocycles. The van der Waals surface area contributed by atoms with Crippen molar-refractivity contribution in [3.05, 3.63) is 29.8 Å². The van der Waals surface area contributed by atoms with Crippen molar-refractivity contribution >= 4 is 24.5 Å². The molecule has 0 amide bonds. The molecule has 0 aliphatic carbocycles. The molecule has 126 valence electrons. The highest BCUT2D eigenvalue weighted by Gasteiger charge is 2.35. The number of benzene rings is 1. The SMILES string of the molecule is CC[Si](CC)(OCCCCCCBr)Oc1ccc(CO)cc1. The Labute approximate surface area is 144 Å². The molecule has 0 aliphatic heterocycles. The van der Waals surface area contributed by atoms with Crippen LogP contribution in [-0.4, -0.2) is 25.6 Å². The van der Waals surface area contributed by atoms with Crippen LogP contribution in [0.25, 0.3) is 0 Å². The van der Waals surface area contributed by atoms with Gasteiger partial charge in [0, 0.05) is 11.9 Å². The van der Waals surface area contributed by atoms with Crippen LogP contribution in [0.4, 0.5) is 0 Å². The van der Waals surface area contributed by atoms with Crippen molar-refractivity contribution in [1.82, 2.24) is 0 Å². The van der Waals surface area contributed by atoms with Crippen LogP contribution >= 0.6 is 15.9 Å². The largest absolute Gasteiger partial charge is 0.520 e. The van der Waals surface area contributed by atoms with Gasteiger partial charge >= 0.3 is 8.56 Å². The number of aliphatic hydroxyl groups is 1. The first-order valence-corrected chi connectivity index (χ1v) is 11.6. The van der Waals surface area contributed by atoms with E-state index < -0.39 is 8.56 Å². The minimum atomic E-state index is -2.15. The predicted molar refractivity (Wildman–Crippen MR) is 97.9 cm³/mol. The van der Waals surface area contributed by atoms with Crippen LogP contribution in [0, 0.1) is 0 Å². The van der Waals surface area contributed by atoms with E-state index in [1.165, 1.54) is 19.3 Å². The van der Waals surface area contributed by atoms with E-state index in [9.17, 15) is 0 Å². The lowest BCUT2D eigenvalue weighted by Crippen LogP contribution is -2.44. The fourth-order valence-corrected chi connectivity index (χ4v) is 5.05. The van der Waals surface area contributed by atoms with E-state index in [0.717, 1.165) is 41.8 Å². The summed E-state index contributed by atoms with van der Waals surface area (Å²) in [5, 5.41) is 10.2. The number of alkyl halides is 1. The third-order valence-corrected chi connectivity index (χ3v) is 7.93. The monoisotopic (exact) mass is 388 g/mol. The summed E-state index contributed by atoms with van der Waals surface area (Å²) in [5.41, 5.74) is 0.903. The third-order valence-electron chi connectivity index (χ3n) is 3.88. The van der Waals surface area contributed by atoms with Crippen LogP contribution in [0.1, 0.15) is 45.1 Å². The van der Waals surface area contributed by atoms with Gasteiger partial charge in [-0.1, -0.05) is 54.8 Å². The smallest absolute Gasteiger partial charge is 0.398 e. The second kappa shape index (κ2) is 11.2. The zero-order valence-electron chi connectivity index (χ0n) is 13.8. The lowest BCUT2D eigenvalue weighted by atomic mass is 10.2. The molecule has 0 atom stereocenters. The first-order valence-electron chi connectivity index (χ1n) is 8.28. The van der Waals surface area contributed by atoms with Gasteiger partial charge in [0.15, 0.2) is 0 Å². The molecule has 0 aromatic heterocycles. The molecule has 1 aromatic rings. The molecule has 0 fully saturated rings. The number of halogens is 1. The average molecular weight is 389 g/mol. The summed E-state index contributed by atoms with van der Waals surface area (Å²) in [4.78, 5) is 0. The van der Waals surface area contributed by atoms with Gasteiger partial charge in [-0.3, -0.25) is 0 Å². The number of unbranched alkanes of at least 4 members (excludes halogenated alkanes) is 3. The summed E-state index contributed by atoms with van der Waals surface area (Å²) in [6, 6.07) is 9.56. The Morgan fingerprint density at radius 3 is 2.18 bits per heavy atom. The van der Waals surface area contributed by atoms with Crippen LogP contribution < -0.4 is 4.43 Å². The maximum absolute atomic E-state index is 9.10. The van der Waals surface area contributed by atoms with Crippen molar-refractivity contribution in [2.24, 2.45) is 0 Å². The standard InChI is InChI=1S/C17H29BrO3Si/c1-3-22(4-2,20-14-8-6-5-7-13-18)21-17-11-9-16(15-19)10-12-17/h9-12,19H,3-8,13-15H2,1-2H3. The molecular weight excluding hydrogens is 360 g/mol. The maximum Gasteiger partial charge on any atom is 0.398 e. The average Bonchev–Trinajstić information content (AvgIpc) is 2.57. The number of aliphatic hydroxyl groups excluding tert-OH is 1. The normalized spacial score (nSPS) is 11.6. The molecule has 0 saturated carbocycles. The highest BCUT2D eigenvalue weighted by molar-refractivity contribution is 9.09. The van der Waals surface area contributed by atoms with Crippen molar-refractivity contribution in [1.29, 1.82) is 0 Å². The molecule has 5 heteroatoms. The highest BCUT2D eigenvalue weighted by atomic mass is 79.9. The van der Waals surface area contributed by atoms with E-state index in [4.69, 9.17) is 14.0 Å². The van der Waals surface area contributed by atoms with Gasteiger partial charge in [0.25, 0.3) is 0 Å². The Hall–Kier alpha value is -0.363. The number of hydrogen-bond donors (Lipinski definition) is 1. The summed E-state index contributed by atoms with van der Waals surface area (Å²) < 4.78 is 12.5. The summed E-state index contributed by atoms with van der Waals surface area (Å²) in [6.45, 7) is 5.17. The summed E-state index contributed by atoms with van der Waals surface area (Å²) in [5.74, 6) is 0.854. The van der Waals surface area contributed by atoms with E-state index in [2.05, 4.69) is 29.8 Å². The van der Waals surface area contributed by atoms with Crippen LogP contribution in [0.3, 0.4) is 0 Å². The molecule has 0 bridgehead atoms. The zero-order chi connectivity index (χ0) is 16.3. The van der Waals surface area contributed by atoms with E-state index in [1.54, 1.807) is 0 Å². The summed E-state index contributed by atoms with van der Waals surface area (Å²) in [6.07, 6.45) is 4.81. The topological polar surface area (TPSA) is 38.7 Å². The fraction of sp³-hybridized carbons (Fsp3) is 0.647. The first kappa shape index (κ1) is 19.7. The third kappa shape index (κ3) is 6.81. The predicted octanol–water partition coefficient (Wildman–Crippen LogP) is 5.01. The van der Waals surface area contributed by atoms with Crippen LogP contribution in [0.5, 0.6) is 5.75 Å². The van der Waals surface area contributed by atoms with Crippen molar-refractivity contribution < 1.29 is 14.0 Å². The minimum absolute atomic E-state index is 0.0648. The second-order valence-electron chi connectivity index (χ2n) is 5.47. The second-order valence-corrected chi connectivity index (χ2v) is 9.99.